The molecule has 0 saturated heterocycles. The maximum Gasteiger partial charge on any atom is 0.358 e. The summed E-state index contributed by atoms with van der Waals surface area (Å²) in [6.07, 6.45) is 1.07. The Bertz CT molecular complexity index is 507. The molecule has 1 atom stereocenters. The van der Waals surface area contributed by atoms with E-state index in [0.717, 1.165) is 6.42 Å². The zero-order valence-corrected chi connectivity index (χ0v) is 11.7. The van der Waals surface area contributed by atoms with Crippen molar-refractivity contribution in [3.05, 3.63) is 10.6 Å². The lowest BCUT2D eigenvalue weighted by molar-refractivity contribution is 0.0591. The van der Waals surface area contributed by atoms with Crippen molar-refractivity contribution in [3.8, 4) is 0 Å². The zero-order chi connectivity index (χ0) is 13.5. The lowest BCUT2D eigenvalue weighted by Crippen LogP contribution is -2.09. The minimum absolute atomic E-state index is 0.107. The molecule has 1 saturated carbocycles. The first kappa shape index (κ1) is 13.0. The number of carbonyl (C=O) groups is 2. The second-order valence-corrected chi connectivity index (χ2v) is 6.13. The van der Waals surface area contributed by atoms with Gasteiger partial charge in [0.25, 0.3) is 0 Å². The van der Waals surface area contributed by atoms with Crippen LogP contribution < -0.4 is 5.32 Å². The van der Waals surface area contributed by atoms with Crippen molar-refractivity contribution < 1.29 is 14.3 Å². The van der Waals surface area contributed by atoms with E-state index < -0.39 is 5.97 Å². The van der Waals surface area contributed by atoms with Crippen molar-refractivity contribution in [1.29, 1.82) is 0 Å². The molecule has 5 nitrogen and oxygen atoms in total. The van der Waals surface area contributed by atoms with Gasteiger partial charge in [-0.3, -0.25) is 4.79 Å². The molecule has 1 unspecified atom stereocenters. The highest BCUT2D eigenvalue weighted by Gasteiger charge is 2.46. The molecule has 0 radical (unpaired) electrons. The first-order valence-corrected chi connectivity index (χ1v) is 6.53. The predicted octanol–water partition coefficient (Wildman–Crippen LogP) is 2.34. The van der Waals surface area contributed by atoms with Gasteiger partial charge in [-0.05, 0) is 11.8 Å². The van der Waals surface area contributed by atoms with E-state index in [9.17, 15) is 9.59 Å². The number of ether oxygens (including phenoxy) is 1. The van der Waals surface area contributed by atoms with Crippen LogP contribution in [-0.4, -0.2) is 29.9 Å². The number of Topliss-reactive ketones (excluding diaryl/α,β-unsaturated/α-hetero) is 1. The van der Waals surface area contributed by atoms with Crippen molar-refractivity contribution in [3.63, 3.8) is 0 Å². The molecule has 0 amide bonds. The molecular formula is C12H16N2O3S. The van der Waals surface area contributed by atoms with Gasteiger partial charge in [0, 0.05) is 13.0 Å². The van der Waals surface area contributed by atoms with Gasteiger partial charge in [-0.1, -0.05) is 25.2 Å². The summed E-state index contributed by atoms with van der Waals surface area (Å²) in [4.78, 5) is 27.5. The van der Waals surface area contributed by atoms with Crippen molar-refractivity contribution >= 4 is 28.2 Å². The number of hydrogen-bond acceptors (Lipinski definition) is 6. The van der Waals surface area contributed by atoms with Crippen LogP contribution in [0.4, 0.5) is 5.13 Å². The van der Waals surface area contributed by atoms with Crippen molar-refractivity contribution in [2.45, 2.75) is 33.2 Å². The van der Waals surface area contributed by atoms with Gasteiger partial charge in [-0.2, -0.15) is 0 Å². The molecule has 1 aromatic heterocycles. The van der Waals surface area contributed by atoms with E-state index in [1.165, 1.54) is 25.4 Å². The summed E-state index contributed by atoms with van der Waals surface area (Å²) < 4.78 is 4.63. The smallest absolute Gasteiger partial charge is 0.358 e. The average molecular weight is 268 g/mol. The van der Waals surface area contributed by atoms with Gasteiger partial charge in [0.1, 0.15) is 4.88 Å². The van der Waals surface area contributed by atoms with Crippen LogP contribution in [0.3, 0.4) is 0 Å². The molecule has 1 N–H and O–H groups in total. The Kier molecular flexibility index (Phi) is 3.14. The van der Waals surface area contributed by atoms with Crippen LogP contribution in [0.25, 0.3) is 0 Å². The van der Waals surface area contributed by atoms with Crippen LogP contribution in [0.1, 0.15) is 47.4 Å². The van der Waals surface area contributed by atoms with Gasteiger partial charge < -0.3 is 10.1 Å². The third-order valence-corrected chi connectivity index (χ3v) is 4.22. The van der Waals surface area contributed by atoms with E-state index in [1.54, 1.807) is 0 Å². The molecule has 98 valence electrons. The predicted molar refractivity (Wildman–Crippen MR) is 69.3 cm³/mol. The number of aromatic nitrogens is 1. The monoisotopic (exact) mass is 268 g/mol. The maximum atomic E-state index is 11.5. The van der Waals surface area contributed by atoms with Crippen LogP contribution in [0.5, 0.6) is 0 Å². The van der Waals surface area contributed by atoms with E-state index in [2.05, 4.69) is 28.9 Å². The number of nitrogens with zero attached hydrogens (tertiary/aromatic N) is 1. The topological polar surface area (TPSA) is 68.3 Å². The fourth-order valence-electron chi connectivity index (χ4n) is 1.72. The average Bonchev–Trinajstić information content (AvgIpc) is 2.74. The highest BCUT2D eigenvalue weighted by atomic mass is 32.1. The third kappa shape index (κ3) is 2.38. The quantitative estimate of drug-likeness (QED) is 0.670. The number of carbonyl (C=O) groups excluding carboxylic acids is 2. The van der Waals surface area contributed by atoms with Crippen molar-refractivity contribution in [1.82, 2.24) is 4.98 Å². The Labute approximate surface area is 110 Å². The number of nitrogens with one attached hydrogen (secondary N) is 1. The number of thiazole rings is 1. The molecule has 6 heteroatoms. The Morgan fingerprint density at radius 3 is 2.56 bits per heavy atom. The van der Waals surface area contributed by atoms with E-state index in [0.29, 0.717) is 16.1 Å². The van der Waals surface area contributed by atoms with Crippen LogP contribution in [0, 0.1) is 5.41 Å². The summed E-state index contributed by atoms with van der Waals surface area (Å²) in [5.74, 6) is -0.740. The molecule has 0 bridgehead atoms. The number of methoxy groups -OCH3 is 1. The van der Waals surface area contributed by atoms with Gasteiger partial charge in [-0.15, -0.1) is 0 Å². The highest BCUT2D eigenvalue weighted by Crippen LogP contribution is 2.47. The number of ketones is 1. The lowest BCUT2D eigenvalue weighted by Gasteiger charge is -2.03. The number of anilines is 1. The molecule has 0 aliphatic heterocycles. The van der Waals surface area contributed by atoms with E-state index in [4.69, 9.17) is 0 Å². The van der Waals surface area contributed by atoms with E-state index in [-0.39, 0.29) is 16.9 Å². The Balaban J connectivity index is 2.23. The van der Waals surface area contributed by atoms with Gasteiger partial charge in [-0.25, -0.2) is 9.78 Å². The van der Waals surface area contributed by atoms with Gasteiger partial charge in [0.15, 0.2) is 16.6 Å². The first-order valence-electron chi connectivity index (χ1n) is 5.72. The SMILES string of the molecule is COC(=O)c1nc(NC2CC2(C)C)sc1C(C)=O. The molecule has 1 fully saturated rings. The summed E-state index contributed by atoms with van der Waals surface area (Å²) >= 11 is 1.21. The minimum Gasteiger partial charge on any atom is -0.464 e. The summed E-state index contributed by atoms with van der Waals surface area (Å²) in [5.41, 5.74) is 0.365. The third-order valence-electron chi connectivity index (χ3n) is 3.14. The van der Waals surface area contributed by atoms with Crippen LogP contribution in [0.2, 0.25) is 0 Å². The largest absolute Gasteiger partial charge is 0.464 e. The molecule has 1 aliphatic rings. The number of esters is 1. The standard InChI is InChI=1S/C12H16N2O3S/c1-6(15)9-8(10(16)17-4)14-11(18-9)13-7-5-12(7,2)3/h7H,5H2,1-4H3,(H,13,14). The van der Waals surface area contributed by atoms with Gasteiger partial charge >= 0.3 is 5.97 Å². The molecule has 1 aromatic rings. The Morgan fingerprint density at radius 2 is 2.11 bits per heavy atom. The number of hydrogen-bond donors (Lipinski definition) is 1. The van der Waals surface area contributed by atoms with Crippen LogP contribution in [0.15, 0.2) is 0 Å². The molecule has 18 heavy (non-hydrogen) atoms. The lowest BCUT2D eigenvalue weighted by atomic mass is 10.2. The van der Waals surface area contributed by atoms with Crippen LogP contribution in [-0.2, 0) is 4.74 Å². The van der Waals surface area contributed by atoms with Crippen LogP contribution >= 0.6 is 11.3 Å². The number of rotatable bonds is 4. The normalized spacial score (nSPS) is 20.3. The van der Waals surface area contributed by atoms with Gasteiger partial charge in [0.05, 0.1) is 7.11 Å². The Hall–Kier alpha value is -1.43. The fourth-order valence-corrected chi connectivity index (χ4v) is 2.62. The molecule has 0 aromatic carbocycles. The molecule has 2 rings (SSSR count). The molecule has 0 spiro atoms. The minimum atomic E-state index is -0.570. The molecular weight excluding hydrogens is 252 g/mol. The second kappa shape index (κ2) is 4.35. The van der Waals surface area contributed by atoms with Crippen molar-refractivity contribution in [2.24, 2.45) is 5.41 Å². The second-order valence-electron chi connectivity index (χ2n) is 5.13. The summed E-state index contributed by atoms with van der Waals surface area (Å²) in [6.45, 7) is 5.74. The zero-order valence-electron chi connectivity index (χ0n) is 10.9. The highest BCUT2D eigenvalue weighted by molar-refractivity contribution is 7.17. The van der Waals surface area contributed by atoms with E-state index in [1.807, 2.05) is 0 Å². The van der Waals surface area contributed by atoms with Gasteiger partial charge in [0.2, 0.25) is 0 Å². The fraction of sp³-hybridized carbons (Fsp3) is 0.583. The Morgan fingerprint density at radius 1 is 1.50 bits per heavy atom. The summed E-state index contributed by atoms with van der Waals surface area (Å²) in [6, 6.07) is 0.356. The summed E-state index contributed by atoms with van der Waals surface area (Å²) in [7, 11) is 1.28. The molecule has 1 aliphatic carbocycles. The van der Waals surface area contributed by atoms with Crippen molar-refractivity contribution in [2.75, 3.05) is 12.4 Å². The first-order chi connectivity index (χ1) is 8.35. The van der Waals surface area contributed by atoms with E-state index >= 15 is 0 Å². The maximum absolute atomic E-state index is 11.5. The summed E-state index contributed by atoms with van der Waals surface area (Å²) in [5, 5.41) is 3.86. The molecule has 1 heterocycles.